The lowest BCUT2D eigenvalue weighted by molar-refractivity contribution is -0.129. The summed E-state index contributed by atoms with van der Waals surface area (Å²) in [5.74, 6) is -0.0799. The third-order valence-corrected chi connectivity index (χ3v) is 1.83. The van der Waals surface area contributed by atoms with Crippen LogP contribution in [0.1, 0.15) is 0 Å². The van der Waals surface area contributed by atoms with Gasteiger partial charge in [0, 0.05) is 27.3 Å². The Bertz CT molecular complexity index is 135. The van der Waals surface area contributed by atoms with Crippen LogP contribution in [0.2, 0.25) is 0 Å². The van der Waals surface area contributed by atoms with Crippen LogP contribution in [0.3, 0.4) is 0 Å². The Labute approximate surface area is 83.7 Å². The van der Waals surface area contributed by atoms with E-state index in [0.29, 0.717) is 26.3 Å². The molecule has 0 aliphatic heterocycles. The molecule has 0 N–H and O–H groups in total. The highest BCUT2D eigenvalue weighted by Crippen LogP contribution is 1.92. The molecule has 0 aliphatic rings. The molecular weight excluding hydrogens is 194 g/mol. The van der Waals surface area contributed by atoms with E-state index in [1.165, 1.54) is 0 Å². The van der Waals surface area contributed by atoms with Crippen LogP contribution in [0.5, 0.6) is 0 Å². The van der Waals surface area contributed by atoms with Crippen molar-refractivity contribution < 1.29 is 14.3 Å². The fraction of sp³-hybridized carbons (Fsp3) is 0.875. The van der Waals surface area contributed by atoms with Gasteiger partial charge in [0.2, 0.25) is 5.91 Å². The lowest BCUT2D eigenvalue weighted by atomic mass is 10.4. The molecule has 4 nitrogen and oxygen atoms in total. The number of methoxy groups -OCH3 is 2. The zero-order chi connectivity index (χ0) is 10.1. The van der Waals surface area contributed by atoms with Crippen molar-refractivity contribution in [3.63, 3.8) is 0 Å². The highest BCUT2D eigenvalue weighted by Gasteiger charge is 2.10. The summed E-state index contributed by atoms with van der Waals surface area (Å²) in [7, 11) is 3.19. The van der Waals surface area contributed by atoms with Crippen molar-refractivity contribution in [3.05, 3.63) is 0 Å². The summed E-state index contributed by atoms with van der Waals surface area (Å²) in [6.07, 6.45) is 0. The van der Waals surface area contributed by atoms with Crippen LogP contribution in [0.4, 0.5) is 0 Å². The maximum Gasteiger partial charge on any atom is 0.237 e. The van der Waals surface area contributed by atoms with E-state index in [1.807, 2.05) is 0 Å². The molecule has 0 bridgehead atoms. The minimum atomic E-state index is -0.0873. The van der Waals surface area contributed by atoms with Gasteiger partial charge in [-0.05, 0) is 0 Å². The number of amides is 1. The van der Waals surface area contributed by atoms with E-state index < -0.39 is 0 Å². The van der Waals surface area contributed by atoms with Crippen LogP contribution < -0.4 is 0 Å². The Morgan fingerprint density at radius 1 is 1.23 bits per heavy atom. The van der Waals surface area contributed by atoms with E-state index in [9.17, 15) is 4.79 Å². The number of halogens is 1. The van der Waals surface area contributed by atoms with E-state index in [2.05, 4.69) is 0 Å². The maximum atomic E-state index is 11.2. The number of hydrogen-bond acceptors (Lipinski definition) is 3. The van der Waals surface area contributed by atoms with Crippen LogP contribution in [-0.4, -0.2) is 57.2 Å². The quantitative estimate of drug-likeness (QED) is 0.568. The zero-order valence-electron chi connectivity index (χ0n) is 8.09. The van der Waals surface area contributed by atoms with Crippen molar-refractivity contribution in [1.29, 1.82) is 0 Å². The molecule has 78 valence electrons. The molecule has 0 rings (SSSR count). The molecule has 0 saturated carbocycles. The highest BCUT2D eigenvalue weighted by molar-refractivity contribution is 6.27. The molecule has 0 aromatic carbocycles. The zero-order valence-corrected chi connectivity index (χ0v) is 8.84. The minimum absolute atomic E-state index is 0.00737. The molecule has 0 aromatic rings. The SMILES string of the molecule is COCCN(CCOC)C(=O)CCl. The van der Waals surface area contributed by atoms with Gasteiger partial charge in [0.15, 0.2) is 0 Å². The minimum Gasteiger partial charge on any atom is -0.383 e. The number of carbonyl (C=O) groups is 1. The molecule has 0 aromatic heterocycles. The normalized spacial score (nSPS) is 10.1. The average Bonchev–Trinajstić information content (AvgIpc) is 2.17. The Kier molecular flexibility index (Phi) is 8.08. The van der Waals surface area contributed by atoms with Crippen LogP contribution >= 0.6 is 11.6 Å². The van der Waals surface area contributed by atoms with E-state index in [1.54, 1.807) is 19.1 Å². The summed E-state index contributed by atoms with van der Waals surface area (Å²) in [5, 5.41) is 0. The van der Waals surface area contributed by atoms with Gasteiger partial charge in [-0.2, -0.15) is 0 Å². The lowest BCUT2D eigenvalue weighted by Crippen LogP contribution is -2.37. The smallest absolute Gasteiger partial charge is 0.237 e. The monoisotopic (exact) mass is 209 g/mol. The number of hydrogen-bond donors (Lipinski definition) is 0. The van der Waals surface area contributed by atoms with Crippen molar-refractivity contribution >= 4 is 17.5 Å². The molecule has 0 saturated heterocycles. The number of ether oxygens (including phenoxy) is 2. The first-order chi connectivity index (χ1) is 6.26. The van der Waals surface area contributed by atoms with Crippen molar-refractivity contribution in [2.45, 2.75) is 0 Å². The number of carbonyl (C=O) groups excluding carboxylic acids is 1. The molecule has 0 heterocycles. The summed E-state index contributed by atoms with van der Waals surface area (Å²) >= 11 is 5.43. The molecule has 0 atom stereocenters. The van der Waals surface area contributed by atoms with Crippen LogP contribution in [-0.2, 0) is 14.3 Å². The maximum absolute atomic E-state index is 11.2. The van der Waals surface area contributed by atoms with Crippen molar-refractivity contribution in [3.8, 4) is 0 Å². The van der Waals surface area contributed by atoms with Crippen LogP contribution in [0.25, 0.3) is 0 Å². The lowest BCUT2D eigenvalue weighted by Gasteiger charge is -2.20. The van der Waals surface area contributed by atoms with Gasteiger partial charge in [-0.1, -0.05) is 0 Å². The largest absolute Gasteiger partial charge is 0.383 e. The first-order valence-corrected chi connectivity index (χ1v) is 4.61. The van der Waals surface area contributed by atoms with Gasteiger partial charge < -0.3 is 14.4 Å². The number of alkyl halides is 1. The van der Waals surface area contributed by atoms with Gasteiger partial charge in [-0.25, -0.2) is 0 Å². The van der Waals surface area contributed by atoms with E-state index in [0.717, 1.165) is 0 Å². The molecular formula is C8H16ClNO3. The molecule has 0 radical (unpaired) electrons. The fourth-order valence-corrected chi connectivity index (χ4v) is 1.02. The predicted octanol–water partition coefficient (Wildman–Crippen LogP) is 0.347. The summed E-state index contributed by atoms with van der Waals surface area (Å²) in [5.41, 5.74) is 0. The Balaban J connectivity index is 3.79. The Hall–Kier alpha value is -0.320. The molecule has 1 amide bonds. The predicted molar refractivity (Wildman–Crippen MR) is 51.1 cm³/mol. The molecule has 0 unspecified atom stereocenters. The van der Waals surface area contributed by atoms with Gasteiger partial charge >= 0.3 is 0 Å². The van der Waals surface area contributed by atoms with E-state index in [-0.39, 0.29) is 11.8 Å². The first kappa shape index (κ1) is 12.7. The molecule has 0 aliphatic carbocycles. The topological polar surface area (TPSA) is 38.8 Å². The summed E-state index contributed by atoms with van der Waals surface area (Å²) in [6, 6.07) is 0. The third-order valence-electron chi connectivity index (χ3n) is 1.60. The number of nitrogens with zero attached hydrogens (tertiary/aromatic N) is 1. The van der Waals surface area contributed by atoms with Gasteiger partial charge in [0.25, 0.3) is 0 Å². The Morgan fingerprint density at radius 2 is 1.69 bits per heavy atom. The van der Waals surface area contributed by atoms with E-state index in [4.69, 9.17) is 21.1 Å². The van der Waals surface area contributed by atoms with Crippen molar-refractivity contribution in [1.82, 2.24) is 4.90 Å². The standard InChI is InChI=1S/C8H16ClNO3/c1-12-5-3-10(4-6-13-2)8(11)7-9/h3-7H2,1-2H3. The average molecular weight is 210 g/mol. The Morgan fingerprint density at radius 3 is 2.00 bits per heavy atom. The molecule has 0 spiro atoms. The van der Waals surface area contributed by atoms with Crippen LogP contribution in [0.15, 0.2) is 0 Å². The summed E-state index contributed by atoms with van der Waals surface area (Å²) in [6.45, 7) is 2.16. The van der Waals surface area contributed by atoms with Gasteiger partial charge in [-0.15, -0.1) is 11.6 Å². The second-order valence-corrected chi connectivity index (χ2v) is 2.77. The van der Waals surface area contributed by atoms with Crippen molar-refractivity contribution in [2.24, 2.45) is 0 Å². The summed E-state index contributed by atoms with van der Waals surface area (Å²) < 4.78 is 9.74. The van der Waals surface area contributed by atoms with Gasteiger partial charge in [0.1, 0.15) is 5.88 Å². The second-order valence-electron chi connectivity index (χ2n) is 2.50. The molecule has 0 fully saturated rings. The van der Waals surface area contributed by atoms with Crippen LogP contribution in [0, 0.1) is 0 Å². The molecule has 13 heavy (non-hydrogen) atoms. The number of rotatable bonds is 7. The molecule has 5 heteroatoms. The van der Waals surface area contributed by atoms with E-state index >= 15 is 0 Å². The highest BCUT2D eigenvalue weighted by atomic mass is 35.5. The summed E-state index contributed by atoms with van der Waals surface area (Å²) in [4.78, 5) is 12.8. The van der Waals surface area contributed by atoms with Gasteiger partial charge in [-0.3, -0.25) is 4.79 Å². The third kappa shape index (κ3) is 5.85. The first-order valence-electron chi connectivity index (χ1n) is 4.07. The van der Waals surface area contributed by atoms with Gasteiger partial charge in [0.05, 0.1) is 13.2 Å². The second kappa shape index (κ2) is 8.29. The fourth-order valence-electron chi connectivity index (χ4n) is 0.849. The van der Waals surface area contributed by atoms with Crippen molar-refractivity contribution in [2.75, 3.05) is 46.4 Å².